The van der Waals surface area contributed by atoms with E-state index in [1.54, 1.807) is 0 Å². The predicted molar refractivity (Wildman–Crippen MR) is 68.6 cm³/mol. The van der Waals surface area contributed by atoms with Gasteiger partial charge < -0.3 is 5.73 Å². The van der Waals surface area contributed by atoms with Crippen LogP contribution >= 0.6 is 0 Å². The fourth-order valence-corrected chi connectivity index (χ4v) is 2.69. The van der Waals surface area contributed by atoms with Crippen molar-refractivity contribution in [2.75, 3.05) is 6.54 Å². The van der Waals surface area contributed by atoms with Crippen LogP contribution in [0.15, 0.2) is 36.4 Å². The monoisotopic (exact) mass is 211 g/mol. The Hall–Kier alpha value is -1.34. The van der Waals surface area contributed by atoms with Crippen LogP contribution < -0.4 is 5.73 Å². The van der Waals surface area contributed by atoms with Crippen molar-refractivity contribution >= 4 is 10.8 Å². The zero-order chi connectivity index (χ0) is 11.1. The number of hydrogen-bond acceptors (Lipinski definition) is 1. The largest absolute Gasteiger partial charge is 0.330 e. The van der Waals surface area contributed by atoms with E-state index < -0.39 is 0 Å². The van der Waals surface area contributed by atoms with Gasteiger partial charge >= 0.3 is 0 Å². The highest BCUT2D eigenvalue weighted by Crippen LogP contribution is 2.48. The second-order valence-electron chi connectivity index (χ2n) is 4.86. The van der Waals surface area contributed by atoms with Gasteiger partial charge in [-0.25, -0.2) is 0 Å². The van der Waals surface area contributed by atoms with Crippen LogP contribution in [-0.4, -0.2) is 6.54 Å². The SMILES string of the molecule is Cc1ccc(C2CC2CN)c2ccccc12. The van der Waals surface area contributed by atoms with E-state index in [1.165, 1.54) is 28.3 Å². The molecule has 0 saturated heterocycles. The van der Waals surface area contributed by atoms with E-state index in [0.29, 0.717) is 11.8 Å². The quantitative estimate of drug-likeness (QED) is 0.811. The molecule has 0 aliphatic heterocycles. The third-order valence-corrected chi connectivity index (χ3v) is 3.80. The summed E-state index contributed by atoms with van der Waals surface area (Å²) in [6, 6.07) is 13.2. The van der Waals surface area contributed by atoms with Crippen molar-refractivity contribution in [1.29, 1.82) is 0 Å². The third kappa shape index (κ3) is 1.43. The molecule has 1 nitrogen and oxygen atoms in total. The van der Waals surface area contributed by atoms with Crippen LogP contribution in [0.4, 0.5) is 0 Å². The summed E-state index contributed by atoms with van der Waals surface area (Å²) in [6.07, 6.45) is 1.27. The number of fused-ring (bicyclic) bond motifs is 1. The van der Waals surface area contributed by atoms with Gasteiger partial charge in [0.05, 0.1) is 0 Å². The fraction of sp³-hybridized carbons (Fsp3) is 0.333. The topological polar surface area (TPSA) is 26.0 Å². The molecule has 2 N–H and O–H groups in total. The van der Waals surface area contributed by atoms with Crippen LogP contribution in [0.5, 0.6) is 0 Å². The molecule has 1 saturated carbocycles. The first kappa shape index (κ1) is 9.86. The number of nitrogens with two attached hydrogens (primary N) is 1. The van der Waals surface area contributed by atoms with Crippen molar-refractivity contribution < 1.29 is 0 Å². The smallest absolute Gasteiger partial charge is 0.00428 e. The molecule has 0 heterocycles. The highest BCUT2D eigenvalue weighted by molar-refractivity contribution is 5.89. The molecule has 16 heavy (non-hydrogen) atoms. The van der Waals surface area contributed by atoms with Gasteiger partial charge in [0, 0.05) is 0 Å². The highest BCUT2D eigenvalue weighted by atomic mass is 14.6. The Morgan fingerprint density at radius 1 is 1.12 bits per heavy atom. The Balaban J connectivity index is 2.16. The summed E-state index contributed by atoms with van der Waals surface area (Å²) in [5, 5.41) is 2.81. The first-order valence-corrected chi connectivity index (χ1v) is 5.99. The maximum atomic E-state index is 5.74. The summed E-state index contributed by atoms with van der Waals surface area (Å²) in [5.74, 6) is 1.42. The molecule has 0 aromatic heterocycles. The normalized spacial score (nSPS) is 23.6. The molecule has 2 aromatic carbocycles. The highest BCUT2D eigenvalue weighted by Gasteiger charge is 2.37. The molecule has 1 fully saturated rings. The van der Waals surface area contributed by atoms with Crippen molar-refractivity contribution in [1.82, 2.24) is 0 Å². The minimum absolute atomic E-state index is 0.704. The lowest BCUT2D eigenvalue weighted by atomic mass is 9.97. The summed E-state index contributed by atoms with van der Waals surface area (Å²) in [4.78, 5) is 0. The van der Waals surface area contributed by atoms with E-state index >= 15 is 0 Å². The Morgan fingerprint density at radius 3 is 2.56 bits per heavy atom. The van der Waals surface area contributed by atoms with Crippen LogP contribution in [0.25, 0.3) is 10.8 Å². The molecule has 3 rings (SSSR count). The first-order chi connectivity index (χ1) is 7.81. The molecular formula is C15H17N. The Labute approximate surface area is 96.3 Å². The van der Waals surface area contributed by atoms with E-state index in [9.17, 15) is 0 Å². The summed E-state index contributed by atoms with van der Waals surface area (Å²) in [6.45, 7) is 3.01. The van der Waals surface area contributed by atoms with Gasteiger partial charge in [0.15, 0.2) is 0 Å². The molecule has 1 heteroatoms. The van der Waals surface area contributed by atoms with Gasteiger partial charge in [0.1, 0.15) is 0 Å². The lowest BCUT2D eigenvalue weighted by Crippen LogP contribution is -2.02. The minimum atomic E-state index is 0.704. The summed E-state index contributed by atoms with van der Waals surface area (Å²) in [7, 11) is 0. The molecular weight excluding hydrogens is 194 g/mol. The number of rotatable bonds is 2. The molecule has 0 radical (unpaired) electrons. The number of benzene rings is 2. The molecule has 2 atom stereocenters. The van der Waals surface area contributed by atoms with Gasteiger partial charge in [-0.15, -0.1) is 0 Å². The van der Waals surface area contributed by atoms with Gasteiger partial charge in [-0.2, -0.15) is 0 Å². The minimum Gasteiger partial charge on any atom is -0.330 e. The third-order valence-electron chi connectivity index (χ3n) is 3.80. The van der Waals surface area contributed by atoms with Crippen molar-refractivity contribution in [3.05, 3.63) is 47.5 Å². The lowest BCUT2D eigenvalue weighted by Gasteiger charge is -2.08. The van der Waals surface area contributed by atoms with Crippen LogP contribution in [-0.2, 0) is 0 Å². The van der Waals surface area contributed by atoms with Crippen molar-refractivity contribution in [2.24, 2.45) is 11.7 Å². The van der Waals surface area contributed by atoms with Gasteiger partial charge in [-0.3, -0.25) is 0 Å². The van der Waals surface area contributed by atoms with E-state index in [1.807, 2.05) is 0 Å². The van der Waals surface area contributed by atoms with Gasteiger partial charge in [0.2, 0.25) is 0 Å². The van der Waals surface area contributed by atoms with Crippen LogP contribution in [0.1, 0.15) is 23.5 Å². The molecule has 1 aliphatic rings. The molecule has 0 spiro atoms. The standard InChI is InChI=1S/C15H17N/c1-10-6-7-14(15-8-11(15)9-16)13-5-3-2-4-12(10)13/h2-7,11,15H,8-9,16H2,1H3. The lowest BCUT2D eigenvalue weighted by molar-refractivity contribution is 0.812. The summed E-state index contributed by atoms with van der Waals surface area (Å²) >= 11 is 0. The average molecular weight is 211 g/mol. The number of hydrogen-bond donors (Lipinski definition) is 1. The van der Waals surface area contributed by atoms with Crippen LogP contribution in [0.3, 0.4) is 0 Å². The zero-order valence-electron chi connectivity index (χ0n) is 9.61. The molecule has 0 amide bonds. The van der Waals surface area contributed by atoms with Gasteiger partial charge in [0.25, 0.3) is 0 Å². The Morgan fingerprint density at radius 2 is 1.88 bits per heavy atom. The predicted octanol–water partition coefficient (Wildman–Crippen LogP) is 3.21. The number of aryl methyl sites for hydroxylation is 1. The van der Waals surface area contributed by atoms with Gasteiger partial charge in [-0.1, -0.05) is 36.4 Å². The summed E-state index contributed by atoms with van der Waals surface area (Å²) in [5.41, 5.74) is 8.60. The molecule has 82 valence electrons. The Bertz CT molecular complexity index is 530. The van der Waals surface area contributed by atoms with Crippen LogP contribution in [0, 0.1) is 12.8 Å². The van der Waals surface area contributed by atoms with Gasteiger partial charge in [-0.05, 0) is 53.6 Å². The molecule has 0 bridgehead atoms. The second kappa shape index (κ2) is 3.60. The van der Waals surface area contributed by atoms with E-state index in [4.69, 9.17) is 5.73 Å². The van der Waals surface area contributed by atoms with Crippen molar-refractivity contribution in [2.45, 2.75) is 19.3 Å². The zero-order valence-corrected chi connectivity index (χ0v) is 9.61. The second-order valence-corrected chi connectivity index (χ2v) is 4.86. The first-order valence-electron chi connectivity index (χ1n) is 5.99. The van der Waals surface area contributed by atoms with Crippen LogP contribution in [0.2, 0.25) is 0 Å². The van der Waals surface area contributed by atoms with Crippen molar-refractivity contribution in [3.63, 3.8) is 0 Å². The van der Waals surface area contributed by atoms with E-state index in [-0.39, 0.29) is 0 Å². The maximum Gasteiger partial charge on any atom is -0.00428 e. The van der Waals surface area contributed by atoms with Crippen molar-refractivity contribution in [3.8, 4) is 0 Å². The fourth-order valence-electron chi connectivity index (χ4n) is 2.69. The summed E-state index contributed by atoms with van der Waals surface area (Å²) < 4.78 is 0. The maximum absolute atomic E-state index is 5.74. The molecule has 2 unspecified atom stereocenters. The average Bonchev–Trinajstić information content (AvgIpc) is 3.09. The Kier molecular flexibility index (Phi) is 2.22. The van der Waals surface area contributed by atoms with E-state index in [0.717, 1.165) is 6.54 Å². The molecule has 1 aliphatic carbocycles. The molecule has 2 aromatic rings. The van der Waals surface area contributed by atoms with E-state index in [2.05, 4.69) is 43.3 Å².